The monoisotopic (exact) mass is 292 g/mol. The number of pyridine rings is 1. The first-order valence-corrected chi connectivity index (χ1v) is 6.46. The van der Waals surface area contributed by atoms with Crippen molar-refractivity contribution in [2.75, 3.05) is 0 Å². The van der Waals surface area contributed by atoms with Gasteiger partial charge >= 0.3 is 11.7 Å². The van der Waals surface area contributed by atoms with Crippen LogP contribution < -0.4 is 11.0 Å². The topological polar surface area (TPSA) is 106 Å². The molecule has 8 nitrogen and oxygen atoms in total. The van der Waals surface area contributed by atoms with Gasteiger partial charge < -0.3 is 10.4 Å². The molecule has 1 unspecified atom stereocenters. The van der Waals surface area contributed by atoms with Crippen LogP contribution in [0.15, 0.2) is 29.2 Å². The zero-order valence-corrected chi connectivity index (χ0v) is 11.7. The maximum Gasteiger partial charge on any atom is 0.350 e. The number of carboxylic acids is 1. The van der Waals surface area contributed by atoms with E-state index in [1.165, 1.54) is 11.3 Å². The normalized spacial score (nSPS) is 13.8. The Balaban J connectivity index is 2.21. The van der Waals surface area contributed by atoms with Crippen molar-refractivity contribution in [3.8, 4) is 0 Å². The lowest BCUT2D eigenvalue weighted by Crippen LogP contribution is -2.53. The standard InChI is InChI=1S/C13H16N4O4/c1-3-13(2,11(19)20)14-10(18)8-17-12(21)16-7-5-4-6-9(16)15-17/h4-7H,3,8H2,1-2H3,(H,14,18)(H,19,20). The van der Waals surface area contributed by atoms with Crippen molar-refractivity contribution in [2.24, 2.45) is 0 Å². The van der Waals surface area contributed by atoms with E-state index in [1.807, 2.05) is 0 Å². The summed E-state index contributed by atoms with van der Waals surface area (Å²) >= 11 is 0. The number of fused-ring (bicyclic) bond motifs is 1. The molecule has 0 saturated carbocycles. The Morgan fingerprint density at radius 2 is 2.14 bits per heavy atom. The fourth-order valence-corrected chi connectivity index (χ4v) is 1.85. The lowest BCUT2D eigenvalue weighted by Gasteiger charge is -2.24. The van der Waals surface area contributed by atoms with E-state index in [4.69, 9.17) is 5.11 Å². The molecule has 2 aromatic rings. The molecule has 112 valence electrons. The first kappa shape index (κ1) is 14.8. The molecule has 0 bridgehead atoms. The molecule has 2 N–H and O–H groups in total. The van der Waals surface area contributed by atoms with E-state index in [1.54, 1.807) is 31.3 Å². The first-order chi connectivity index (χ1) is 9.87. The van der Waals surface area contributed by atoms with Crippen LogP contribution in [-0.4, -0.2) is 36.7 Å². The molecule has 21 heavy (non-hydrogen) atoms. The minimum Gasteiger partial charge on any atom is -0.480 e. The third-order valence-electron chi connectivity index (χ3n) is 3.38. The third kappa shape index (κ3) is 2.78. The van der Waals surface area contributed by atoms with E-state index in [0.29, 0.717) is 5.65 Å². The van der Waals surface area contributed by atoms with Gasteiger partial charge in [0.25, 0.3) is 0 Å². The molecule has 0 aliphatic heterocycles. The second-order valence-corrected chi connectivity index (χ2v) is 4.91. The molecular weight excluding hydrogens is 276 g/mol. The Labute approximate surface area is 120 Å². The highest BCUT2D eigenvalue weighted by Crippen LogP contribution is 2.09. The summed E-state index contributed by atoms with van der Waals surface area (Å²) in [6.07, 6.45) is 1.78. The van der Waals surface area contributed by atoms with E-state index in [-0.39, 0.29) is 13.0 Å². The Hall–Kier alpha value is -2.64. The number of hydrogen-bond donors (Lipinski definition) is 2. The number of nitrogens with zero attached hydrogens (tertiary/aromatic N) is 3. The summed E-state index contributed by atoms with van der Waals surface area (Å²) in [7, 11) is 0. The predicted molar refractivity (Wildman–Crippen MR) is 73.9 cm³/mol. The number of amides is 1. The summed E-state index contributed by atoms with van der Waals surface area (Å²) < 4.78 is 2.31. The second kappa shape index (κ2) is 5.39. The van der Waals surface area contributed by atoms with Crippen LogP contribution in [0.1, 0.15) is 20.3 Å². The third-order valence-corrected chi connectivity index (χ3v) is 3.38. The summed E-state index contributed by atoms with van der Waals surface area (Å²) in [5, 5.41) is 15.5. The molecule has 1 atom stereocenters. The van der Waals surface area contributed by atoms with Crippen LogP contribution in [0.5, 0.6) is 0 Å². The molecule has 2 aromatic heterocycles. The number of carbonyl (C=O) groups excluding carboxylic acids is 1. The lowest BCUT2D eigenvalue weighted by atomic mass is 9.99. The van der Waals surface area contributed by atoms with Crippen molar-refractivity contribution >= 4 is 17.5 Å². The second-order valence-electron chi connectivity index (χ2n) is 4.91. The van der Waals surface area contributed by atoms with Crippen LogP contribution >= 0.6 is 0 Å². The summed E-state index contributed by atoms with van der Waals surface area (Å²) in [6.45, 7) is 2.74. The van der Waals surface area contributed by atoms with Gasteiger partial charge in [0, 0.05) is 6.20 Å². The van der Waals surface area contributed by atoms with Gasteiger partial charge in [-0.25, -0.2) is 14.3 Å². The Kier molecular flexibility index (Phi) is 3.79. The number of nitrogens with one attached hydrogen (secondary N) is 1. The average Bonchev–Trinajstić information content (AvgIpc) is 2.75. The van der Waals surface area contributed by atoms with Gasteiger partial charge in [-0.15, -0.1) is 5.10 Å². The van der Waals surface area contributed by atoms with Gasteiger partial charge in [0.05, 0.1) is 0 Å². The molecular formula is C13H16N4O4. The van der Waals surface area contributed by atoms with Crippen molar-refractivity contribution in [1.29, 1.82) is 0 Å². The largest absolute Gasteiger partial charge is 0.480 e. The summed E-state index contributed by atoms with van der Waals surface area (Å²) in [6, 6.07) is 5.05. The smallest absolute Gasteiger partial charge is 0.350 e. The number of hydrogen-bond acceptors (Lipinski definition) is 4. The minimum absolute atomic E-state index is 0.230. The van der Waals surface area contributed by atoms with Crippen molar-refractivity contribution in [1.82, 2.24) is 19.5 Å². The van der Waals surface area contributed by atoms with Crippen molar-refractivity contribution in [3.63, 3.8) is 0 Å². The number of carbonyl (C=O) groups is 2. The van der Waals surface area contributed by atoms with Gasteiger partial charge in [-0.3, -0.25) is 9.20 Å². The zero-order valence-electron chi connectivity index (χ0n) is 11.7. The highest BCUT2D eigenvalue weighted by Gasteiger charge is 2.32. The van der Waals surface area contributed by atoms with Crippen molar-refractivity contribution < 1.29 is 14.7 Å². The molecule has 0 fully saturated rings. The predicted octanol–water partition coefficient (Wildman–Crippen LogP) is -0.135. The van der Waals surface area contributed by atoms with Gasteiger partial charge in [0.15, 0.2) is 5.65 Å². The lowest BCUT2D eigenvalue weighted by molar-refractivity contribution is -0.147. The maximum atomic E-state index is 12.0. The van der Waals surface area contributed by atoms with E-state index in [2.05, 4.69) is 10.4 Å². The molecule has 0 saturated heterocycles. The van der Waals surface area contributed by atoms with Gasteiger partial charge in [0.1, 0.15) is 12.1 Å². The fraction of sp³-hybridized carbons (Fsp3) is 0.385. The highest BCUT2D eigenvalue weighted by atomic mass is 16.4. The average molecular weight is 292 g/mol. The van der Waals surface area contributed by atoms with E-state index in [0.717, 1.165) is 4.68 Å². The van der Waals surface area contributed by atoms with Gasteiger partial charge in [-0.1, -0.05) is 13.0 Å². The van der Waals surface area contributed by atoms with Gasteiger partial charge in [-0.05, 0) is 25.5 Å². The van der Waals surface area contributed by atoms with Crippen molar-refractivity contribution in [3.05, 3.63) is 34.9 Å². The van der Waals surface area contributed by atoms with Crippen LogP contribution in [0.4, 0.5) is 0 Å². The fourth-order valence-electron chi connectivity index (χ4n) is 1.85. The number of aliphatic carboxylic acids is 1. The molecule has 0 aliphatic rings. The first-order valence-electron chi connectivity index (χ1n) is 6.46. The maximum absolute atomic E-state index is 12.0. The minimum atomic E-state index is -1.36. The van der Waals surface area contributed by atoms with Crippen molar-refractivity contribution in [2.45, 2.75) is 32.4 Å². The molecule has 0 aliphatic carbocycles. The van der Waals surface area contributed by atoms with E-state index < -0.39 is 23.1 Å². The Morgan fingerprint density at radius 1 is 1.43 bits per heavy atom. The van der Waals surface area contributed by atoms with E-state index >= 15 is 0 Å². The highest BCUT2D eigenvalue weighted by molar-refractivity contribution is 5.86. The van der Waals surface area contributed by atoms with Crippen LogP contribution in [-0.2, 0) is 16.1 Å². The molecule has 0 spiro atoms. The summed E-state index contributed by atoms with van der Waals surface area (Å²) in [5.41, 5.74) is -1.39. The summed E-state index contributed by atoms with van der Waals surface area (Å²) in [5.74, 6) is -1.70. The van der Waals surface area contributed by atoms with Gasteiger partial charge in [0.2, 0.25) is 5.91 Å². The Bertz CT molecular complexity index is 748. The molecule has 0 radical (unpaired) electrons. The molecule has 0 aromatic carbocycles. The number of carboxylic acid groups (broad SMARTS) is 1. The van der Waals surface area contributed by atoms with Gasteiger partial charge in [-0.2, -0.15) is 0 Å². The molecule has 2 heterocycles. The number of rotatable bonds is 5. The van der Waals surface area contributed by atoms with E-state index in [9.17, 15) is 14.4 Å². The zero-order chi connectivity index (χ0) is 15.6. The Morgan fingerprint density at radius 3 is 2.71 bits per heavy atom. The van der Waals surface area contributed by atoms with Crippen LogP contribution in [0.3, 0.4) is 0 Å². The molecule has 2 rings (SSSR count). The quantitative estimate of drug-likeness (QED) is 0.798. The van der Waals surface area contributed by atoms with Crippen LogP contribution in [0.2, 0.25) is 0 Å². The molecule has 1 amide bonds. The van der Waals surface area contributed by atoms with Crippen LogP contribution in [0, 0.1) is 0 Å². The SMILES string of the molecule is CCC(C)(NC(=O)Cn1nc2ccccn2c1=O)C(=O)O. The number of aromatic nitrogens is 3. The molecule has 8 heteroatoms. The van der Waals surface area contributed by atoms with Crippen LogP contribution in [0.25, 0.3) is 5.65 Å². The summed E-state index contributed by atoms with van der Waals surface area (Å²) in [4.78, 5) is 35.1.